The molecule has 3 aliphatic rings. The molecule has 3 rings (SSSR count). The van der Waals surface area contributed by atoms with Crippen LogP contribution in [0.1, 0.15) is 44.9 Å². The highest BCUT2D eigenvalue weighted by atomic mass is 15.2. The molecular weight excluding hydrogens is 172 g/mol. The summed E-state index contributed by atoms with van der Waals surface area (Å²) in [6.07, 6.45) is 10.1. The van der Waals surface area contributed by atoms with Gasteiger partial charge in [0, 0.05) is 11.6 Å². The number of nitrogens with zero attached hydrogens (tertiary/aromatic N) is 1. The predicted octanol–water partition coefficient (Wildman–Crippen LogP) is 1.76. The first-order valence-corrected chi connectivity index (χ1v) is 6.40. The van der Waals surface area contributed by atoms with Gasteiger partial charge in [-0.2, -0.15) is 0 Å². The zero-order chi connectivity index (χ0) is 9.43. The highest BCUT2D eigenvalue weighted by Crippen LogP contribution is 2.40. The van der Waals surface area contributed by atoms with Gasteiger partial charge in [-0.1, -0.05) is 0 Å². The minimum atomic E-state index is 0.546. The second kappa shape index (κ2) is 3.49. The Morgan fingerprint density at radius 2 is 1.79 bits per heavy atom. The lowest BCUT2D eigenvalue weighted by Gasteiger charge is -2.37. The molecule has 2 nitrogen and oxygen atoms in total. The summed E-state index contributed by atoms with van der Waals surface area (Å²) in [6.45, 7) is 4.01. The van der Waals surface area contributed by atoms with Crippen molar-refractivity contribution in [3.05, 3.63) is 0 Å². The third kappa shape index (κ3) is 1.31. The van der Waals surface area contributed by atoms with Crippen molar-refractivity contribution in [3.8, 4) is 0 Å². The summed E-state index contributed by atoms with van der Waals surface area (Å²) >= 11 is 0. The quantitative estimate of drug-likeness (QED) is 0.684. The minimum Gasteiger partial charge on any atom is -0.310 e. The summed E-state index contributed by atoms with van der Waals surface area (Å²) < 4.78 is 0. The molecule has 0 bridgehead atoms. The van der Waals surface area contributed by atoms with Crippen LogP contribution >= 0.6 is 0 Å². The van der Waals surface area contributed by atoms with Gasteiger partial charge < -0.3 is 5.32 Å². The van der Waals surface area contributed by atoms with Crippen LogP contribution in [0.2, 0.25) is 0 Å². The number of likely N-dealkylation sites (tertiary alicyclic amines) is 1. The van der Waals surface area contributed by atoms with Crippen LogP contribution in [-0.2, 0) is 0 Å². The fourth-order valence-electron chi connectivity index (χ4n) is 3.97. The second-order valence-corrected chi connectivity index (χ2v) is 5.34. The van der Waals surface area contributed by atoms with E-state index < -0.39 is 0 Å². The van der Waals surface area contributed by atoms with Gasteiger partial charge in [0.15, 0.2) is 0 Å². The molecule has 0 amide bonds. The summed E-state index contributed by atoms with van der Waals surface area (Å²) in [7, 11) is 0. The highest BCUT2D eigenvalue weighted by molar-refractivity contribution is 5.07. The molecule has 2 saturated heterocycles. The predicted molar refractivity (Wildman–Crippen MR) is 58.4 cm³/mol. The molecule has 1 aliphatic carbocycles. The first-order chi connectivity index (χ1) is 6.91. The van der Waals surface area contributed by atoms with Crippen molar-refractivity contribution in [2.75, 3.05) is 19.6 Å². The van der Waals surface area contributed by atoms with Crippen LogP contribution in [0, 0.1) is 0 Å². The number of nitrogens with one attached hydrogen (secondary N) is 1. The Balaban J connectivity index is 1.76. The molecular formula is C12H22N2. The topological polar surface area (TPSA) is 15.3 Å². The van der Waals surface area contributed by atoms with Crippen LogP contribution in [0.5, 0.6) is 0 Å². The maximum atomic E-state index is 3.82. The minimum absolute atomic E-state index is 0.546. The molecule has 0 aromatic carbocycles. The number of hydrogen-bond acceptors (Lipinski definition) is 2. The van der Waals surface area contributed by atoms with Gasteiger partial charge in [0.2, 0.25) is 0 Å². The van der Waals surface area contributed by atoms with Crippen LogP contribution in [0.4, 0.5) is 0 Å². The van der Waals surface area contributed by atoms with Gasteiger partial charge in [-0.3, -0.25) is 4.90 Å². The van der Waals surface area contributed by atoms with Crippen molar-refractivity contribution in [3.63, 3.8) is 0 Å². The van der Waals surface area contributed by atoms with Crippen molar-refractivity contribution in [1.29, 1.82) is 0 Å². The molecule has 1 spiro atoms. The van der Waals surface area contributed by atoms with Crippen LogP contribution < -0.4 is 5.32 Å². The Morgan fingerprint density at radius 1 is 1.00 bits per heavy atom. The Labute approximate surface area is 87.0 Å². The summed E-state index contributed by atoms with van der Waals surface area (Å²) in [5.41, 5.74) is 0.546. The molecule has 2 heteroatoms. The Bertz CT molecular complexity index is 197. The standard InChI is InChI=1S/C12H22N2/c1-2-10-14(9-1)11-5-3-6-12(11)7-4-8-13-12/h11,13H,1-10H2/t11-,12-/m1/s1. The number of rotatable bonds is 1. The van der Waals surface area contributed by atoms with Crippen LogP contribution in [0.3, 0.4) is 0 Å². The van der Waals surface area contributed by atoms with E-state index in [0.717, 1.165) is 6.04 Å². The highest BCUT2D eigenvalue weighted by Gasteiger charge is 2.47. The average Bonchev–Trinajstić information content (AvgIpc) is 2.91. The van der Waals surface area contributed by atoms with E-state index in [4.69, 9.17) is 0 Å². The van der Waals surface area contributed by atoms with E-state index in [1.54, 1.807) is 0 Å². The maximum Gasteiger partial charge on any atom is 0.0337 e. The van der Waals surface area contributed by atoms with Crippen molar-refractivity contribution in [2.24, 2.45) is 0 Å². The molecule has 3 fully saturated rings. The lowest BCUT2D eigenvalue weighted by atomic mass is 9.90. The zero-order valence-electron chi connectivity index (χ0n) is 9.10. The molecule has 1 saturated carbocycles. The van der Waals surface area contributed by atoms with Gasteiger partial charge in [-0.15, -0.1) is 0 Å². The molecule has 2 aliphatic heterocycles. The summed E-state index contributed by atoms with van der Waals surface area (Å²) in [6, 6.07) is 0.882. The fraction of sp³-hybridized carbons (Fsp3) is 1.00. The van der Waals surface area contributed by atoms with E-state index in [2.05, 4.69) is 10.2 Å². The Morgan fingerprint density at radius 3 is 2.50 bits per heavy atom. The van der Waals surface area contributed by atoms with E-state index in [1.165, 1.54) is 64.6 Å². The van der Waals surface area contributed by atoms with Crippen LogP contribution in [-0.4, -0.2) is 36.1 Å². The van der Waals surface area contributed by atoms with E-state index in [-0.39, 0.29) is 0 Å². The van der Waals surface area contributed by atoms with E-state index >= 15 is 0 Å². The molecule has 80 valence electrons. The zero-order valence-corrected chi connectivity index (χ0v) is 9.10. The maximum absolute atomic E-state index is 3.82. The summed E-state index contributed by atoms with van der Waals surface area (Å²) in [5.74, 6) is 0. The summed E-state index contributed by atoms with van der Waals surface area (Å²) in [5, 5.41) is 3.82. The average molecular weight is 194 g/mol. The Kier molecular flexibility index (Phi) is 2.29. The lowest BCUT2D eigenvalue weighted by Crippen LogP contribution is -2.53. The van der Waals surface area contributed by atoms with E-state index in [9.17, 15) is 0 Å². The monoisotopic (exact) mass is 194 g/mol. The third-order valence-electron chi connectivity index (χ3n) is 4.60. The SMILES string of the molecule is C1CCN([C@@H]2CCC[C@@]23CCCN3)C1. The van der Waals surface area contributed by atoms with Crippen molar-refractivity contribution in [1.82, 2.24) is 10.2 Å². The molecule has 0 radical (unpaired) electrons. The fourth-order valence-corrected chi connectivity index (χ4v) is 3.97. The van der Waals surface area contributed by atoms with Crippen LogP contribution in [0.15, 0.2) is 0 Å². The van der Waals surface area contributed by atoms with Gasteiger partial charge in [-0.05, 0) is 64.6 Å². The molecule has 1 N–H and O–H groups in total. The largest absolute Gasteiger partial charge is 0.310 e. The molecule has 0 unspecified atom stereocenters. The molecule has 0 aromatic rings. The first kappa shape index (κ1) is 9.17. The summed E-state index contributed by atoms with van der Waals surface area (Å²) in [4.78, 5) is 2.77. The van der Waals surface area contributed by atoms with Gasteiger partial charge >= 0.3 is 0 Å². The molecule has 0 aromatic heterocycles. The molecule has 2 atom stereocenters. The lowest BCUT2D eigenvalue weighted by molar-refractivity contribution is 0.156. The van der Waals surface area contributed by atoms with Gasteiger partial charge in [-0.25, -0.2) is 0 Å². The smallest absolute Gasteiger partial charge is 0.0337 e. The van der Waals surface area contributed by atoms with Gasteiger partial charge in [0.25, 0.3) is 0 Å². The molecule has 2 heterocycles. The van der Waals surface area contributed by atoms with Gasteiger partial charge in [0.05, 0.1) is 0 Å². The van der Waals surface area contributed by atoms with E-state index in [0.29, 0.717) is 5.54 Å². The first-order valence-electron chi connectivity index (χ1n) is 6.40. The van der Waals surface area contributed by atoms with Crippen molar-refractivity contribution < 1.29 is 0 Å². The number of hydrogen-bond donors (Lipinski definition) is 1. The van der Waals surface area contributed by atoms with Crippen molar-refractivity contribution in [2.45, 2.75) is 56.5 Å². The van der Waals surface area contributed by atoms with Crippen LogP contribution in [0.25, 0.3) is 0 Å². The third-order valence-corrected chi connectivity index (χ3v) is 4.60. The normalized spacial score (nSPS) is 44.1. The van der Waals surface area contributed by atoms with E-state index in [1.807, 2.05) is 0 Å². The van der Waals surface area contributed by atoms with Gasteiger partial charge in [0.1, 0.15) is 0 Å². The Hall–Kier alpha value is -0.0800. The van der Waals surface area contributed by atoms with Crippen molar-refractivity contribution >= 4 is 0 Å². The second-order valence-electron chi connectivity index (χ2n) is 5.34. The molecule has 14 heavy (non-hydrogen) atoms.